The number of nitrogens with zero attached hydrogens (tertiary/aromatic N) is 1. The molecule has 0 saturated heterocycles. The fraction of sp³-hybridized carbons (Fsp3) is 0.389. The van der Waals surface area contributed by atoms with Crippen LogP contribution in [0.3, 0.4) is 0 Å². The molecule has 1 aliphatic rings. The van der Waals surface area contributed by atoms with Crippen molar-refractivity contribution in [3.05, 3.63) is 42.1 Å². The number of fused-ring (bicyclic) bond motifs is 1. The summed E-state index contributed by atoms with van der Waals surface area (Å²) in [4.78, 5) is 4.55. The second kappa shape index (κ2) is 7.11. The first-order chi connectivity index (χ1) is 11.9. The van der Waals surface area contributed by atoms with Crippen LogP contribution in [0.5, 0.6) is 0 Å². The van der Waals surface area contributed by atoms with E-state index in [4.69, 9.17) is 0 Å². The van der Waals surface area contributed by atoms with E-state index in [1.165, 1.54) is 0 Å². The van der Waals surface area contributed by atoms with Crippen LogP contribution in [0, 0.1) is 0 Å². The second-order valence-corrected chi connectivity index (χ2v) is 8.14. The highest BCUT2D eigenvalue weighted by molar-refractivity contribution is 7.89. The largest absolute Gasteiger partial charge is 0.392 e. The zero-order valence-electron chi connectivity index (χ0n) is 14.4. The van der Waals surface area contributed by atoms with Gasteiger partial charge in [0.25, 0.3) is 0 Å². The lowest BCUT2D eigenvalue weighted by atomic mass is 9.99. The number of aliphatic hydroxyl groups excluding tert-OH is 1. The molecule has 0 spiro atoms. The molecule has 0 fully saturated rings. The van der Waals surface area contributed by atoms with E-state index >= 15 is 0 Å². The fourth-order valence-corrected chi connectivity index (χ4v) is 4.00. The lowest BCUT2D eigenvalue weighted by Crippen LogP contribution is -2.31. The number of hydrogen-bond donors (Lipinski definition) is 3. The number of aromatic nitrogens is 1. The lowest BCUT2D eigenvalue weighted by molar-refractivity contribution is 0.174. The molecule has 3 rings (SSSR count). The summed E-state index contributed by atoms with van der Waals surface area (Å²) in [7, 11) is -3.62. The van der Waals surface area contributed by atoms with Crippen molar-refractivity contribution in [2.75, 3.05) is 11.9 Å². The predicted molar refractivity (Wildman–Crippen MR) is 97.9 cm³/mol. The Bertz CT molecular complexity index is 850. The minimum Gasteiger partial charge on any atom is -0.392 e. The van der Waals surface area contributed by atoms with Crippen LogP contribution in [0.1, 0.15) is 25.8 Å². The van der Waals surface area contributed by atoms with E-state index in [-0.39, 0.29) is 11.4 Å². The van der Waals surface area contributed by atoms with Gasteiger partial charge in [0.05, 0.1) is 11.0 Å². The summed E-state index contributed by atoms with van der Waals surface area (Å²) in [5.74, 6) is 0.900. The number of aliphatic hydroxyl groups is 1. The molecule has 0 saturated carbocycles. The molecule has 2 unspecified atom stereocenters. The van der Waals surface area contributed by atoms with Crippen LogP contribution in [0.15, 0.2) is 41.4 Å². The molecule has 6 nitrogen and oxygen atoms in total. The Kier molecular flexibility index (Phi) is 5.08. The van der Waals surface area contributed by atoms with Crippen LogP contribution >= 0.6 is 0 Å². The van der Waals surface area contributed by atoms with E-state index < -0.39 is 16.1 Å². The summed E-state index contributed by atoms with van der Waals surface area (Å²) >= 11 is 0. The van der Waals surface area contributed by atoms with Gasteiger partial charge in [0.1, 0.15) is 5.82 Å². The quantitative estimate of drug-likeness (QED) is 0.733. The second-order valence-electron chi connectivity index (χ2n) is 6.37. The maximum Gasteiger partial charge on any atom is 0.240 e. The minimum atomic E-state index is -3.62. The molecule has 1 aromatic heterocycles. The Morgan fingerprint density at radius 2 is 2.04 bits per heavy atom. The molecular formula is C18H23N3O3S. The number of hydrogen-bond acceptors (Lipinski definition) is 5. The van der Waals surface area contributed by atoms with Gasteiger partial charge in [-0.05, 0) is 49.1 Å². The number of pyridine rings is 1. The molecule has 0 radical (unpaired) electrons. The molecule has 7 heteroatoms. The number of nitrogens with one attached hydrogen (secondary N) is 2. The monoisotopic (exact) mass is 361 g/mol. The smallest absolute Gasteiger partial charge is 0.240 e. The lowest BCUT2D eigenvalue weighted by Gasteiger charge is -2.11. The Morgan fingerprint density at radius 3 is 2.72 bits per heavy atom. The third-order valence-corrected chi connectivity index (χ3v) is 5.84. The van der Waals surface area contributed by atoms with Crippen LogP contribution in [-0.4, -0.2) is 37.2 Å². The third kappa shape index (κ3) is 3.84. The summed E-state index contributed by atoms with van der Waals surface area (Å²) in [6.45, 7) is 3.93. The van der Waals surface area contributed by atoms with E-state index in [0.29, 0.717) is 12.5 Å². The van der Waals surface area contributed by atoms with E-state index in [1.807, 2.05) is 18.2 Å². The van der Waals surface area contributed by atoms with E-state index in [1.54, 1.807) is 25.3 Å². The summed E-state index contributed by atoms with van der Waals surface area (Å²) in [6, 6.07) is 9.10. The standard InChI is InChI=1S/C18H23N3O3S/c1-3-14(22)11-20-25(23,24)15-6-4-13(5-7-15)16-8-9-19-18-17(16)10-12(2)21-18/h4-9,12,14,20,22H,3,10-11H2,1-2H3,(H,19,21). The number of sulfonamides is 1. The van der Waals surface area contributed by atoms with Gasteiger partial charge in [0.15, 0.2) is 0 Å². The Labute approximate surface area is 148 Å². The molecule has 0 amide bonds. The summed E-state index contributed by atoms with van der Waals surface area (Å²) in [6.07, 6.45) is 2.48. The SMILES string of the molecule is CCC(O)CNS(=O)(=O)c1ccc(-c2ccnc3c2CC(C)N3)cc1. The molecule has 1 aromatic carbocycles. The zero-order valence-corrected chi connectivity index (χ0v) is 15.2. The van der Waals surface area contributed by atoms with E-state index in [0.717, 1.165) is 28.9 Å². The van der Waals surface area contributed by atoms with Crippen molar-refractivity contribution in [1.29, 1.82) is 0 Å². The first-order valence-electron chi connectivity index (χ1n) is 8.43. The molecular weight excluding hydrogens is 338 g/mol. The van der Waals surface area contributed by atoms with Crippen LogP contribution < -0.4 is 10.0 Å². The van der Waals surface area contributed by atoms with Gasteiger partial charge < -0.3 is 10.4 Å². The maximum absolute atomic E-state index is 12.3. The van der Waals surface area contributed by atoms with E-state index in [2.05, 4.69) is 21.9 Å². The van der Waals surface area contributed by atoms with Crippen molar-refractivity contribution in [3.63, 3.8) is 0 Å². The molecule has 0 bridgehead atoms. The Balaban J connectivity index is 1.83. The van der Waals surface area contributed by atoms with Crippen LogP contribution in [-0.2, 0) is 16.4 Å². The molecule has 134 valence electrons. The van der Waals surface area contributed by atoms with E-state index in [9.17, 15) is 13.5 Å². The van der Waals surface area contributed by atoms with Gasteiger partial charge in [0.2, 0.25) is 10.0 Å². The number of rotatable bonds is 6. The van der Waals surface area contributed by atoms with Crippen molar-refractivity contribution in [3.8, 4) is 11.1 Å². The topological polar surface area (TPSA) is 91.3 Å². The van der Waals surface area contributed by atoms with Gasteiger partial charge in [-0.2, -0.15) is 0 Å². The molecule has 3 N–H and O–H groups in total. The van der Waals surface area contributed by atoms with Gasteiger partial charge in [-0.25, -0.2) is 18.1 Å². The normalized spacial score (nSPS) is 17.8. The maximum atomic E-state index is 12.3. The number of benzene rings is 1. The summed E-state index contributed by atoms with van der Waals surface area (Å²) < 4.78 is 27.0. The van der Waals surface area contributed by atoms with Crippen molar-refractivity contribution in [2.24, 2.45) is 0 Å². The van der Waals surface area contributed by atoms with Crippen LogP contribution in [0.4, 0.5) is 5.82 Å². The highest BCUT2D eigenvalue weighted by Gasteiger charge is 2.22. The van der Waals surface area contributed by atoms with Gasteiger partial charge in [-0.1, -0.05) is 19.1 Å². The van der Waals surface area contributed by atoms with Gasteiger partial charge in [-0.15, -0.1) is 0 Å². The number of anilines is 1. The summed E-state index contributed by atoms with van der Waals surface area (Å²) in [5, 5.41) is 12.9. The highest BCUT2D eigenvalue weighted by atomic mass is 32.2. The van der Waals surface area contributed by atoms with Crippen molar-refractivity contribution < 1.29 is 13.5 Å². The molecule has 0 aliphatic carbocycles. The Morgan fingerprint density at radius 1 is 1.32 bits per heavy atom. The summed E-state index contributed by atoms with van der Waals surface area (Å²) in [5.41, 5.74) is 3.19. The van der Waals surface area contributed by atoms with Gasteiger partial charge in [-0.3, -0.25) is 0 Å². The predicted octanol–water partition coefficient (Wildman–Crippen LogP) is 2.15. The average Bonchev–Trinajstić information content (AvgIpc) is 3.00. The fourth-order valence-electron chi connectivity index (χ4n) is 2.93. The Hall–Kier alpha value is -1.96. The van der Waals surface area contributed by atoms with Crippen molar-refractivity contribution in [2.45, 2.75) is 43.7 Å². The average molecular weight is 361 g/mol. The minimum absolute atomic E-state index is 0.0159. The first kappa shape index (κ1) is 17.8. The third-order valence-electron chi connectivity index (χ3n) is 4.41. The molecule has 2 atom stereocenters. The molecule has 25 heavy (non-hydrogen) atoms. The zero-order chi connectivity index (χ0) is 18.0. The molecule has 2 heterocycles. The van der Waals surface area contributed by atoms with Gasteiger partial charge >= 0.3 is 0 Å². The first-order valence-corrected chi connectivity index (χ1v) is 9.91. The van der Waals surface area contributed by atoms with Crippen LogP contribution in [0.2, 0.25) is 0 Å². The van der Waals surface area contributed by atoms with Crippen LogP contribution in [0.25, 0.3) is 11.1 Å². The molecule has 2 aromatic rings. The van der Waals surface area contributed by atoms with Crippen molar-refractivity contribution in [1.82, 2.24) is 9.71 Å². The highest BCUT2D eigenvalue weighted by Crippen LogP contribution is 2.33. The van der Waals surface area contributed by atoms with Crippen molar-refractivity contribution >= 4 is 15.8 Å². The molecule has 1 aliphatic heterocycles. The van der Waals surface area contributed by atoms with Gasteiger partial charge in [0, 0.05) is 24.3 Å².